The van der Waals surface area contributed by atoms with Gasteiger partial charge in [-0.25, -0.2) is 0 Å². The number of allylic oxidation sites excluding steroid dienone is 4. The standard InChI is InChI=1S/2C18H27NO/c2*1-17-9-3-4-13(17)12-5-6-15-18(2,14(12)7-10-17)11-8-16(20)19-15/h6,12-14H,3-5,7-11H2,1-2H3,(H,19,20);3,9,12-15H,4-8,10-11H2,1-2H3,(H,19,20)/t12-,13-,14-,17-,18+;12-,13-,14-,15?,17-,18+/m00/s1. The maximum absolute atomic E-state index is 11.7. The van der Waals surface area contributed by atoms with Gasteiger partial charge in [0.1, 0.15) is 0 Å². The number of piperidine rings is 2. The average molecular weight is 547 g/mol. The third-order valence-corrected chi connectivity index (χ3v) is 14.8. The Morgan fingerprint density at radius 2 is 1.52 bits per heavy atom. The largest absolute Gasteiger partial charge is 0.353 e. The molecule has 1 unspecified atom stereocenters. The maximum Gasteiger partial charge on any atom is 0.224 e. The second-order valence-corrected chi connectivity index (χ2v) is 16.5. The molecule has 2 amide bonds. The first kappa shape index (κ1) is 27.3. The number of fused-ring (bicyclic) bond motifs is 10. The van der Waals surface area contributed by atoms with Gasteiger partial charge in [-0.2, -0.15) is 0 Å². The van der Waals surface area contributed by atoms with E-state index in [1.807, 2.05) is 0 Å². The van der Waals surface area contributed by atoms with E-state index in [0.29, 0.717) is 22.3 Å². The molecule has 4 saturated carbocycles. The van der Waals surface area contributed by atoms with Gasteiger partial charge in [0.25, 0.3) is 0 Å². The van der Waals surface area contributed by atoms with Crippen LogP contribution in [0.1, 0.15) is 124 Å². The summed E-state index contributed by atoms with van der Waals surface area (Å²) in [5.74, 6) is 5.73. The summed E-state index contributed by atoms with van der Waals surface area (Å²) in [5, 5.41) is 6.49. The van der Waals surface area contributed by atoms with Gasteiger partial charge in [0, 0.05) is 30.0 Å². The minimum absolute atomic E-state index is 0.230. The highest BCUT2D eigenvalue weighted by Crippen LogP contribution is 2.64. The molecule has 8 rings (SSSR count). The van der Waals surface area contributed by atoms with E-state index in [9.17, 15) is 9.59 Å². The molecule has 4 nitrogen and oxygen atoms in total. The molecule has 0 aromatic carbocycles. The molecule has 6 fully saturated rings. The van der Waals surface area contributed by atoms with Gasteiger partial charge in [-0.3, -0.25) is 9.59 Å². The SMILES string of the molecule is C[C@@]12C=CC[C@H]1[C@@H]1CCC3NC(=O)CC[C@]3(C)[C@H]1CC2.C[C@@]12CCC[C@H]1[C@@H]1CC=C3NC(=O)CC[C@]3(C)[C@H]1CC2. The smallest absolute Gasteiger partial charge is 0.224 e. The highest BCUT2D eigenvalue weighted by Gasteiger charge is 2.58. The minimum Gasteiger partial charge on any atom is -0.353 e. The van der Waals surface area contributed by atoms with Crippen LogP contribution in [0.4, 0.5) is 0 Å². The van der Waals surface area contributed by atoms with Crippen LogP contribution in [0, 0.1) is 57.2 Å². The molecule has 2 heterocycles. The van der Waals surface area contributed by atoms with E-state index in [1.165, 1.54) is 76.3 Å². The van der Waals surface area contributed by atoms with Gasteiger partial charge in [0.2, 0.25) is 11.8 Å². The Balaban J connectivity index is 0.000000132. The van der Waals surface area contributed by atoms with E-state index < -0.39 is 0 Å². The lowest BCUT2D eigenvalue weighted by atomic mass is 9.48. The monoisotopic (exact) mass is 546 g/mol. The number of hydrogen-bond donors (Lipinski definition) is 2. The first-order valence-corrected chi connectivity index (χ1v) is 17.0. The summed E-state index contributed by atoms with van der Waals surface area (Å²) in [7, 11) is 0. The van der Waals surface area contributed by atoms with Gasteiger partial charge in [0.05, 0.1) is 0 Å². The molecule has 4 heteroatoms. The van der Waals surface area contributed by atoms with Crippen molar-refractivity contribution in [2.45, 2.75) is 130 Å². The number of amides is 2. The molecular weight excluding hydrogens is 492 g/mol. The van der Waals surface area contributed by atoms with Crippen molar-refractivity contribution in [2.24, 2.45) is 57.2 Å². The lowest BCUT2D eigenvalue weighted by Crippen LogP contribution is -2.60. The number of nitrogens with one attached hydrogen (secondary N) is 2. The molecule has 220 valence electrons. The van der Waals surface area contributed by atoms with Crippen LogP contribution in [0.5, 0.6) is 0 Å². The summed E-state index contributed by atoms with van der Waals surface area (Å²) in [6.07, 6.45) is 25.8. The van der Waals surface area contributed by atoms with Crippen molar-refractivity contribution in [3.05, 3.63) is 23.9 Å². The minimum atomic E-state index is 0.230. The molecule has 0 spiro atoms. The van der Waals surface area contributed by atoms with Gasteiger partial charge in [-0.1, -0.05) is 52.3 Å². The van der Waals surface area contributed by atoms with Crippen molar-refractivity contribution in [1.82, 2.24) is 10.6 Å². The number of carbonyl (C=O) groups is 2. The van der Waals surface area contributed by atoms with Gasteiger partial charge < -0.3 is 10.6 Å². The van der Waals surface area contributed by atoms with Crippen LogP contribution in [0.3, 0.4) is 0 Å². The molecule has 2 aliphatic heterocycles. The Bertz CT molecular complexity index is 1130. The molecule has 2 saturated heterocycles. The van der Waals surface area contributed by atoms with Crippen LogP contribution in [-0.2, 0) is 9.59 Å². The number of hydrogen-bond acceptors (Lipinski definition) is 2. The van der Waals surface area contributed by atoms with E-state index in [4.69, 9.17) is 0 Å². The molecule has 40 heavy (non-hydrogen) atoms. The van der Waals surface area contributed by atoms with Crippen molar-refractivity contribution in [3.63, 3.8) is 0 Å². The molecule has 0 aromatic heterocycles. The molecule has 2 N–H and O–H groups in total. The normalized spacial score (nSPS) is 52.2. The lowest BCUT2D eigenvalue weighted by Gasteiger charge is -2.59. The predicted molar refractivity (Wildman–Crippen MR) is 160 cm³/mol. The Morgan fingerprint density at radius 1 is 0.725 bits per heavy atom. The van der Waals surface area contributed by atoms with Gasteiger partial charge in [0.15, 0.2) is 0 Å². The zero-order chi connectivity index (χ0) is 27.9. The van der Waals surface area contributed by atoms with Crippen LogP contribution in [-0.4, -0.2) is 17.9 Å². The van der Waals surface area contributed by atoms with E-state index in [-0.39, 0.29) is 17.2 Å². The van der Waals surface area contributed by atoms with Crippen molar-refractivity contribution in [1.29, 1.82) is 0 Å². The third-order valence-electron chi connectivity index (χ3n) is 14.8. The van der Waals surface area contributed by atoms with Gasteiger partial charge in [-0.05, 0) is 129 Å². The molecule has 0 radical (unpaired) electrons. The van der Waals surface area contributed by atoms with E-state index in [2.05, 4.69) is 56.6 Å². The van der Waals surface area contributed by atoms with Crippen molar-refractivity contribution in [3.8, 4) is 0 Å². The fourth-order valence-electron chi connectivity index (χ4n) is 12.4. The Morgan fingerprint density at radius 3 is 2.38 bits per heavy atom. The summed E-state index contributed by atoms with van der Waals surface area (Å²) in [6.45, 7) is 9.92. The molecule has 6 aliphatic carbocycles. The van der Waals surface area contributed by atoms with Crippen LogP contribution < -0.4 is 10.6 Å². The van der Waals surface area contributed by atoms with Gasteiger partial charge >= 0.3 is 0 Å². The fourth-order valence-corrected chi connectivity index (χ4v) is 12.4. The summed E-state index contributed by atoms with van der Waals surface area (Å²) in [6, 6.07) is 0.448. The van der Waals surface area contributed by atoms with Crippen LogP contribution in [0.25, 0.3) is 0 Å². The summed E-state index contributed by atoms with van der Waals surface area (Å²) in [4.78, 5) is 23.4. The van der Waals surface area contributed by atoms with Crippen LogP contribution >= 0.6 is 0 Å². The van der Waals surface area contributed by atoms with Crippen molar-refractivity contribution < 1.29 is 9.59 Å². The summed E-state index contributed by atoms with van der Waals surface area (Å²) < 4.78 is 0. The predicted octanol–water partition coefficient (Wildman–Crippen LogP) is 7.70. The Kier molecular flexibility index (Phi) is 6.45. The van der Waals surface area contributed by atoms with Crippen LogP contribution in [0.2, 0.25) is 0 Å². The highest BCUT2D eigenvalue weighted by molar-refractivity contribution is 5.79. The zero-order valence-electron chi connectivity index (χ0n) is 25.7. The molecule has 0 aromatic rings. The quantitative estimate of drug-likeness (QED) is 0.306. The van der Waals surface area contributed by atoms with E-state index >= 15 is 0 Å². The van der Waals surface area contributed by atoms with E-state index in [1.54, 1.807) is 0 Å². The third kappa shape index (κ3) is 4.03. The van der Waals surface area contributed by atoms with Gasteiger partial charge in [-0.15, -0.1) is 0 Å². The maximum atomic E-state index is 11.7. The second-order valence-electron chi connectivity index (χ2n) is 16.5. The number of rotatable bonds is 0. The van der Waals surface area contributed by atoms with Crippen molar-refractivity contribution in [2.75, 3.05) is 0 Å². The number of carbonyl (C=O) groups excluding carboxylic acids is 2. The second kappa shape index (κ2) is 9.46. The highest BCUT2D eigenvalue weighted by atomic mass is 16.2. The average Bonchev–Trinajstić information content (AvgIpc) is 3.52. The fraction of sp³-hybridized carbons (Fsp3) is 0.833. The van der Waals surface area contributed by atoms with Crippen LogP contribution in [0.15, 0.2) is 23.9 Å². The molecule has 0 bridgehead atoms. The summed E-state index contributed by atoms with van der Waals surface area (Å²) >= 11 is 0. The molecular formula is C36H54N2O2. The first-order valence-electron chi connectivity index (χ1n) is 17.0. The molecule has 11 atom stereocenters. The lowest BCUT2D eigenvalue weighted by molar-refractivity contribution is -0.134. The van der Waals surface area contributed by atoms with Crippen molar-refractivity contribution >= 4 is 11.8 Å². The topological polar surface area (TPSA) is 58.2 Å². The summed E-state index contributed by atoms with van der Waals surface area (Å²) in [5.41, 5.74) is 2.97. The van der Waals surface area contributed by atoms with E-state index in [0.717, 1.165) is 61.2 Å². The Hall–Kier alpha value is -1.58. The Labute approximate surface area is 243 Å². The first-order chi connectivity index (χ1) is 19.1. The zero-order valence-corrected chi connectivity index (χ0v) is 25.7. The molecule has 8 aliphatic rings.